The van der Waals surface area contributed by atoms with E-state index in [0.717, 1.165) is 6.07 Å². The quantitative estimate of drug-likeness (QED) is 0.638. The van der Waals surface area contributed by atoms with Gasteiger partial charge >= 0.3 is 0 Å². The van der Waals surface area contributed by atoms with Gasteiger partial charge in [0.15, 0.2) is 17.9 Å². The molecule has 0 amide bonds. The Balaban J connectivity index is 1.88. The summed E-state index contributed by atoms with van der Waals surface area (Å²) in [5.41, 5.74) is 0.304. The molecular weight excluding hydrogens is 293 g/mol. The number of nitro benzene ring substituents is 1. The first-order valence-electron chi connectivity index (χ1n) is 6.59. The van der Waals surface area contributed by atoms with Gasteiger partial charge < -0.3 is 14.2 Å². The summed E-state index contributed by atoms with van der Waals surface area (Å²) >= 11 is 0. The van der Waals surface area contributed by atoms with Gasteiger partial charge in [0.25, 0.3) is 5.69 Å². The van der Waals surface area contributed by atoms with Crippen LogP contribution in [0.5, 0.6) is 11.5 Å². The monoisotopic (exact) mass is 305 g/mol. The molecule has 0 atom stereocenters. The summed E-state index contributed by atoms with van der Waals surface area (Å²) in [7, 11) is 0. The van der Waals surface area contributed by atoms with Crippen LogP contribution in [0.2, 0.25) is 0 Å². The van der Waals surface area contributed by atoms with Crippen molar-refractivity contribution in [1.82, 2.24) is 0 Å². The van der Waals surface area contributed by atoms with Crippen molar-refractivity contribution in [1.29, 1.82) is 0 Å². The molecular formula is C15H12FNO5. The maximum absolute atomic E-state index is 13.9. The number of nitrogens with zero attached hydrogens (tertiary/aromatic N) is 1. The average Bonchev–Trinajstić information content (AvgIpc) is 3.04. The standard InChI is InChI=1S/C15H12FNO5/c16-12-9-10(17(18)19)5-6-14(12)22-13-4-2-1-3-11(13)15-20-7-8-21-15/h1-6,9,15H,7-8H2. The van der Waals surface area contributed by atoms with Gasteiger partial charge in [-0.05, 0) is 12.1 Å². The van der Waals surface area contributed by atoms with E-state index in [1.54, 1.807) is 24.3 Å². The van der Waals surface area contributed by atoms with E-state index < -0.39 is 17.0 Å². The van der Waals surface area contributed by atoms with Gasteiger partial charge in [-0.2, -0.15) is 0 Å². The highest BCUT2D eigenvalue weighted by molar-refractivity contribution is 5.42. The molecule has 0 spiro atoms. The molecule has 0 N–H and O–H groups in total. The fourth-order valence-corrected chi connectivity index (χ4v) is 2.11. The van der Waals surface area contributed by atoms with E-state index >= 15 is 0 Å². The molecule has 0 unspecified atom stereocenters. The molecule has 2 aromatic carbocycles. The molecule has 1 saturated heterocycles. The Hall–Kier alpha value is -2.51. The number of benzene rings is 2. The number of rotatable bonds is 4. The minimum Gasteiger partial charge on any atom is -0.454 e. The van der Waals surface area contributed by atoms with Crippen LogP contribution in [0.25, 0.3) is 0 Å². The number of ether oxygens (including phenoxy) is 3. The third kappa shape index (κ3) is 2.90. The summed E-state index contributed by atoms with van der Waals surface area (Å²) in [6.07, 6.45) is -0.558. The molecule has 0 radical (unpaired) electrons. The fraction of sp³-hybridized carbons (Fsp3) is 0.200. The van der Waals surface area contributed by atoms with E-state index in [9.17, 15) is 14.5 Å². The lowest BCUT2D eigenvalue weighted by atomic mass is 10.2. The Morgan fingerprint density at radius 1 is 1.14 bits per heavy atom. The summed E-state index contributed by atoms with van der Waals surface area (Å²) < 4.78 is 30.3. The van der Waals surface area contributed by atoms with Crippen molar-refractivity contribution < 1.29 is 23.5 Å². The number of hydrogen-bond donors (Lipinski definition) is 0. The summed E-state index contributed by atoms with van der Waals surface area (Å²) in [6, 6.07) is 10.2. The molecule has 0 aromatic heterocycles. The number of nitro groups is 1. The molecule has 0 bridgehead atoms. The SMILES string of the molecule is O=[N+]([O-])c1ccc(Oc2ccccc2C2OCCO2)c(F)c1. The Labute approximate surface area is 125 Å². The molecule has 1 aliphatic rings. The maximum Gasteiger partial charge on any atom is 0.272 e. The van der Waals surface area contributed by atoms with Crippen LogP contribution in [0.15, 0.2) is 42.5 Å². The largest absolute Gasteiger partial charge is 0.454 e. The van der Waals surface area contributed by atoms with Crippen LogP contribution in [0, 0.1) is 15.9 Å². The lowest BCUT2D eigenvalue weighted by molar-refractivity contribution is -0.385. The Bertz CT molecular complexity index is 700. The maximum atomic E-state index is 13.9. The van der Waals surface area contributed by atoms with Crippen molar-refractivity contribution in [2.75, 3.05) is 13.2 Å². The molecule has 0 saturated carbocycles. The highest BCUT2D eigenvalue weighted by atomic mass is 19.1. The third-order valence-electron chi connectivity index (χ3n) is 3.14. The summed E-state index contributed by atoms with van der Waals surface area (Å²) in [5, 5.41) is 10.6. The number of para-hydroxylation sites is 1. The molecule has 1 heterocycles. The summed E-state index contributed by atoms with van der Waals surface area (Å²) in [4.78, 5) is 9.95. The second-order valence-corrected chi connectivity index (χ2v) is 4.59. The smallest absolute Gasteiger partial charge is 0.272 e. The Morgan fingerprint density at radius 3 is 2.55 bits per heavy atom. The van der Waals surface area contributed by atoms with Crippen LogP contribution in [-0.4, -0.2) is 18.1 Å². The van der Waals surface area contributed by atoms with Crippen LogP contribution in [-0.2, 0) is 9.47 Å². The first-order chi connectivity index (χ1) is 10.6. The van der Waals surface area contributed by atoms with Crippen LogP contribution in [0.1, 0.15) is 11.9 Å². The van der Waals surface area contributed by atoms with Crippen molar-refractivity contribution in [3.05, 3.63) is 64.0 Å². The van der Waals surface area contributed by atoms with E-state index in [0.29, 0.717) is 24.5 Å². The molecule has 0 aliphatic carbocycles. The molecule has 1 fully saturated rings. The Kier molecular flexibility index (Phi) is 3.99. The van der Waals surface area contributed by atoms with Crippen LogP contribution < -0.4 is 4.74 Å². The molecule has 7 heteroatoms. The highest BCUT2D eigenvalue weighted by Crippen LogP contribution is 2.35. The van der Waals surface area contributed by atoms with Crippen LogP contribution in [0.4, 0.5) is 10.1 Å². The number of halogens is 1. The van der Waals surface area contributed by atoms with Gasteiger partial charge in [-0.1, -0.05) is 18.2 Å². The molecule has 2 aromatic rings. The van der Waals surface area contributed by atoms with E-state index in [4.69, 9.17) is 14.2 Å². The second kappa shape index (κ2) is 6.08. The topological polar surface area (TPSA) is 70.8 Å². The van der Waals surface area contributed by atoms with Gasteiger partial charge in [0.05, 0.1) is 29.8 Å². The lowest BCUT2D eigenvalue weighted by Gasteiger charge is -2.15. The van der Waals surface area contributed by atoms with Gasteiger partial charge in [0.2, 0.25) is 0 Å². The molecule has 3 rings (SSSR count). The van der Waals surface area contributed by atoms with E-state index in [2.05, 4.69) is 0 Å². The van der Waals surface area contributed by atoms with Gasteiger partial charge in [0, 0.05) is 6.07 Å². The lowest BCUT2D eigenvalue weighted by Crippen LogP contribution is -2.01. The molecule has 1 aliphatic heterocycles. The van der Waals surface area contributed by atoms with Crippen molar-refractivity contribution in [2.45, 2.75) is 6.29 Å². The first kappa shape index (κ1) is 14.4. The first-order valence-corrected chi connectivity index (χ1v) is 6.59. The van der Waals surface area contributed by atoms with Crippen molar-refractivity contribution in [2.24, 2.45) is 0 Å². The summed E-state index contributed by atoms with van der Waals surface area (Å²) in [5.74, 6) is -0.532. The second-order valence-electron chi connectivity index (χ2n) is 4.59. The van der Waals surface area contributed by atoms with Gasteiger partial charge in [-0.15, -0.1) is 0 Å². The third-order valence-corrected chi connectivity index (χ3v) is 3.14. The van der Waals surface area contributed by atoms with E-state index in [1.165, 1.54) is 12.1 Å². The zero-order valence-electron chi connectivity index (χ0n) is 11.4. The predicted octanol–water partition coefficient (Wildman–Crippen LogP) is 3.57. The highest BCUT2D eigenvalue weighted by Gasteiger charge is 2.23. The van der Waals surface area contributed by atoms with Crippen LogP contribution in [0.3, 0.4) is 0 Å². The average molecular weight is 305 g/mol. The zero-order valence-corrected chi connectivity index (χ0v) is 11.4. The number of non-ortho nitro benzene ring substituents is 1. The molecule has 22 heavy (non-hydrogen) atoms. The minimum atomic E-state index is -0.808. The van der Waals surface area contributed by atoms with E-state index in [-0.39, 0.29) is 11.4 Å². The predicted molar refractivity (Wildman–Crippen MR) is 74.2 cm³/mol. The fourth-order valence-electron chi connectivity index (χ4n) is 2.11. The zero-order chi connectivity index (χ0) is 15.5. The van der Waals surface area contributed by atoms with Crippen molar-refractivity contribution in [3.63, 3.8) is 0 Å². The minimum absolute atomic E-state index is 0.101. The Morgan fingerprint density at radius 2 is 1.86 bits per heavy atom. The van der Waals surface area contributed by atoms with Gasteiger partial charge in [0.1, 0.15) is 5.75 Å². The number of hydrogen-bond acceptors (Lipinski definition) is 5. The summed E-state index contributed by atoms with van der Waals surface area (Å²) in [6.45, 7) is 0.954. The van der Waals surface area contributed by atoms with Gasteiger partial charge in [-0.3, -0.25) is 10.1 Å². The normalized spacial score (nSPS) is 15.0. The van der Waals surface area contributed by atoms with E-state index in [1.807, 2.05) is 0 Å². The van der Waals surface area contributed by atoms with Crippen molar-refractivity contribution in [3.8, 4) is 11.5 Å². The molecule has 6 nitrogen and oxygen atoms in total. The van der Waals surface area contributed by atoms with Gasteiger partial charge in [-0.25, -0.2) is 4.39 Å². The van der Waals surface area contributed by atoms with Crippen molar-refractivity contribution >= 4 is 5.69 Å². The molecule has 114 valence electrons. The van der Waals surface area contributed by atoms with Crippen LogP contribution >= 0.6 is 0 Å².